The first-order valence-corrected chi connectivity index (χ1v) is 4.35. The van der Waals surface area contributed by atoms with E-state index in [1.807, 2.05) is 13.8 Å². The molecule has 0 atom stereocenters. The van der Waals surface area contributed by atoms with Crippen molar-refractivity contribution in [3.05, 3.63) is 0 Å². The topological polar surface area (TPSA) is 62.1 Å². The number of ether oxygens (including phenoxy) is 1. The molecule has 0 aromatic carbocycles. The normalized spacial score (nSPS) is 10.6. The maximum Gasteiger partial charge on any atom is 0.247 e. The van der Waals surface area contributed by atoms with Crippen LogP contribution in [0.15, 0.2) is 0 Å². The van der Waals surface area contributed by atoms with Crippen LogP contribution in [0.2, 0.25) is 0 Å². The summed E-state index contributed by atoms with van der Waals surface area (Å²) in [7, 11) is 1.45. The van der Waals surface area contributed by atoms with E-state index in [0.29, 0.717) is 12.8 Å². The van der Waals surface area contributed by atoms with Crippen LogP contribution in [0.3, 0.4) is 0 Å². The van der Waals surface area contributed by atoms with Gasteiger partial charge in [0, 0.05) is 7.11 Å². The van der Waals surface area contributed by atoms with Gasteiger partial charge >= 0.3 is 0 Å². The van der Waals surface area contributed by atoms with Crippen LogP contribution in [0, 0.1) is 11.3 Å². The van der Waals surface area contributed by atoms with Crippen LogP contribution in [-0.2, 0) is 9.53 Å². The first kappa shape index (κ1) is 11.9. The monoisotopic (exact) mass is 184 g/mol. The van der Waals surface area contributed by atoms with Crippen LogP contribution >= 0.6 is 0 Å². The Labute approximate surface area is 78.9 Å². The molecule has 1 N–H and O–H groups in total. The maximum atomic E-state index is 11.1. The van der Waals surface area contributed by atoms with Crippen molar-refractivity contribution >= 4 is 5.91 Å². The summed E-state index contributed by atoms with van der Waals surface area (Å²) in [5, 5.41) is 11.5. The zero-order valence-electron chi connectivity index (χ0n) is 8.39. The predicted octanol–water partition coefficient (Wildman–Crippen LogP) is 0.831. The van der Waals surface area contributed by atoms with Gasteiger partial charge in [0.05, 0.1) is 6.07 Å². The molecule has 0 saturated carbocycles. The molecule has 0 unspecified atom stereocenters. The van der Waals surface area contributed by atoms with E-state index < -0.39 is 5.54 Å². The number of methoxy groups -OCH3 is 1. The number of nitrogens with zero attached hydrogens (tertiary/aromatic N) is 1. The van der Waals surface area contributed by atoms with Gasteiger partial charge in [-0.2, -0.15) is 5.26 Å². The second-order valence-corrected chi connectivity index (χ2v) is 2.88. The molecule has 74 valence electrons. The van der Waals surface area contributed by atoms with Crippen LogP contribution in [0.25, 0.3) is 0 Å². The molecular weight excluding hydrogens is 168 g/mol. The van der Waals surface area contributed by atoms with Gasteiger partial charge in [-0.15, -0.1) is 0 Å². The summed E-state index contributed by atoms with van der Waals surface area (Å²) in [5.41, 5.74) is -0.727. The summed E-state index contributed by atoms with van der Waals surface area (Å²) in [6.45, 7) is 3.75. The molecule has 0 aliphatic heterocycles. The third-order valence-electron chi connectivity index (χ3n) is 2.08. The molecule has 4 nitrogen and oxygen atoms in total. The molecule has 4 heteroatoms. The standard InChI is InChI=1S/C9H16N2O2/c1-4-9(5-2,7-10)11-8(12)6-13-3/h4-6H2,1-3H3,(H,11,12). The van der Waals surface area contributed by atoms with Gasteiger partial charge in [0.1, 0.15) is 12.1 Å². The fourth-order valence-electron chi connectivity index (χ4n) is 1.05. The summed E-state index contributed by atoms with van der Waals surface area (Å²) in [4.78, 5) is 11.1. The molecule has 0 aliphatic carbocycles. The average Bonchev–Trinajstić information content (AvgIpc) is 2.15. The Morgan fingerprint density at radius 1 is 1.54 bits per heavy atom. The van der Waals surface area contributed by atoms with Crippen LogP contribution in [0.5, 0.6) is 0 Å². The Morgan fingerprint density at radius 2 is 2.08 bits per heavy atom. The molecule has 0 saturated heterocycles. The van der Waals surface area contributed by atoms with E-state index in [9.17, 15) is 4.79 Å². The Bertz CT molecular complexity index is 204. The first-order valence-electron chi connectivity index (χ1n) is 4.35. The van der Waals surface area contributed by atoms with Crippen molar-refractivity contribution in [3.63, 3.8) is 0 Å². The molecule has 13 heavy (non-hydrogen) atoms. The van der Waals surface area contributed by atoms with Crippen molar-refractivity contribution in [1.82, 2.24) is 5.32 Å². The van der Waals surface area contributed by atoms with Gasteiger partial charge in [-0.25, -0.2) is 0 Å². The average molecular weight is 184 g/mol. The van der Waals surface area contributed by atoms with Crippen LogP contribution in [0.4, 0.5) is 0 Å². The van der Waals surface area contributed by atoms with Crippen molar-refractivity contribution in [1.29, 1.82) is 5.26 Å². The number of carbonyl (C=O) groups is 1. The predicted molar refractivity (Wildman–Crippen MR) is 48.9 cm³/mol. The smallest absolute Gasteiger partial charge is 0.247 e. The van der Waals surface area contributed by atoms with E-state index in [2.05, 4.69) is 16.1 Å². The quantitative estimate of drug-likeness (QED) is 0.688. The molecule has 0 spiro atoms. The summed E-state index contributed by atoms with van der Waals surface area (Å²) in [6.07, 6.45) is 1.21. The molecule has 0 aliphatic rings. The van der Waals surface area contributed by atoms with Crippen LogP contribution in [-0.4, -0.2) is 25.2 Å². The molecular formula is C9H16N2O2. The van der Waals surface area contributed by atoms with Gasteiger partial charge in [0.2, 0.25) is 5.91 Å². The van der Waals surface area contributed by atoms with Gasteiger partial charge in [-0.3, -0.25) is 4.79 Å². The van der Waals surface area contributed by atoms with E-state index in [4.69, 9.17) is 5.26 Å². The van der Waals surface area contributed by atoms with Crippen LogP contribution < -0.4 is 5.32 Å². The van der Waals surface area contributed by atoms with E-state index >= 15 is 0 Å². The van der Waals surface area contributed by atoms with Crippen molar-refractivity contribution < 1.29 is 9.53 Å². The number of nitriles is 1. The minimum absolute atomic E-state index is 0.00340. The molecule has 0 aromatic rings. The molecule has 0 rings (SSSR count). The van der Waals surface area contributed by atoms with Crippen molar-refractivity contribution in [2.75, 3.05) is 13.7 Å². The van der Waals surface area contributed by atoms with Crippen LogP contribution in [0.1, 0.15) is 26.7 Å². The number of rotatable bonds is 5. The number of hydrogen-bond acceptors (Lipinski definition) is 3. The first-order chi connectivity index (χ1) is 6.14. The highest BCUT2D eigenvalue weighted by atomic mass is 16.5. The number of amides is 1. The largest absolute Gasteiger partial charge is 0.375 e. The lowest BCUT2D eigenvalue weighted by molar-refractivity contribution is -0.126. The summed E-state index contributed by atoms with van der Waals surface area (Å²) in [6, 6.07) is 2.12. The Kier molecular flexibility index (Phi) is 5.09. The lowest BCUT2D eigenvalue weighted by Gasteiger charge is -2.24. The molecule has 0 aromatic heterocycles. The highest BCUT2D eigenvalue weighted by Crippen LogP contribution is 2.12. The summed E-state index contributed by atoms with van der Waals surface area (Å²) < 4.78 is 4.66. The molecule has 1 amide bonds. The molecule has 0 radical (unpaired) electrons. The fourth-order valence-corrected chi connectivity index (χ4v) is 1.05. The minimum atomic E-state index is -0.727. The third-order valence-corrected chi connectivity index (χ3v) is 2.08. The van der Waals surface area contributed by atoms with E-state index in [-0.39, 0.29) is 12.5 Å². The van der Waals surface area contributed by atoms with Crippen molar-refractivity contribution in [3.8, 4) is 6.07 Å². The van der Waals surface area contributed by atoms with E-state index in [1.165, 1.54) is 7.11 Å². The van der Waals surface area contributed by atoms with Crippen molar-refractivity contribution in [2.24, 2.45) is 0 Å². The minimum Gasteiger partial charge on any atom is -0.375 e. The molecule has 0 fully saturated rings. The zero-order valence-corrected chi connectivity index (χ0v) is 8.39. The lowest BCUT2D eigenvalue weighted by Crippen LogP contribution is -2.47. The number of hydrogen-bond donors (Lipinski definition) is 1. The Hall–Kier alpha value is -1.08. The number of nitrogens with one attached hydrogen (secondary N) is 1. The van der Waals surface area contributed by atoms with Gasteiger partial charge in [-0.1, -0.05) is 13.8 Å². The molecule has 0 heterocycles. The van der Waals surface area contributed by atoms with Gasteiger partial charge < -0.3 is 10.1 Å². The third kappa shape index (κ3) is 3.43. The van der Waals surface area contributed by atoms with E-state index in [1.54, 1.807) is 0 Å². The van der Waals surface area contributed by atoms with Gasteiger partial charge in [-0.05, 0) is 12.8 Å². The van der Waals surface area contributed by atoms with Crippen molar-refractivity contribution in [2.45, 2.75) is 32.2 Å². The lowest BCUT2D eigenvalue weighted by atomic mass is 9.95. The second-order valence-electron chi connectivity index (χ2n) is 2.88. The van der Waals surface area contributed by atoms with Gasteiger partial charge in [0.15, 0.2) is 0 Å². The molecule has 0 bridgehead atoms. The maximum absolute atomic E-state index is 11.1. The second kappa shape index (κ2) is 5.55. The van der Waals surface area contributed by atoms with E-state index in [0.717, 1.165) is 0 Å². The SMILES string of the molecule is CCC(C#N)(CC)NC(=O)COC. The Balaban J connectivity index is 4.27. The summed E-state index contributed by atoms with van der Waals surface area (Å²) in [5.74, 6) is -0.243. The Morgan fingerprint density at radius 3 is 2.38 bits per heavy atom. The fraction of sp³-hybridized carbons (Fsp3) is 0.778. The highest BCUT2D eigenvalue weighted by Gasteiger charge is 2.27. The highest BCUT2D eigenvalue weighted by molar-refractivity contribution is 5.78. The zero-order chi connectivity index (χ0) is 10.3. The number of carbonyl (C=O) groups excluding carboxylic acids is 1. The van der Waals surface area contributed by atoms with Gasteiger partial charge in [0.25, 0.3) is 0 Å². The summed E-state index contributed by atoms with van der Waals surface area (Å²) >= 11 is 0.